The number of carboxylic acid groups (broad SMARTS) is 1. The number of ether oxygens (including phenoxy) is 2. The van der Waals surface area contributed by atoms with Crippen molar-refractivity contribution in [2.24, 2.45) is 5.92 Å². The highest BCUT2D eigenvalue weighted by molar-refractivity contribution is 7.14. The first-order valence-corrected chi connectivity index (χ1v) is 17.3. The molecule has 5 rings (SSSR count). The molecule has 3 heterocycles. The first-order chi connectivity index (χ1) is 21.3. The molecule has 3 aromatic rings. The number of para-hydroxylation sites is 1. The van der Waals surface area contributed by atoms with Gasteiger partial charge in [-0.05, 0) is 60.4 Å². The van der Waals surface area contributed by atoms with Crippen molar-refractivity contribution in [2.75, 3.05) is 38.2 Å². The van der Waals surface area contributed by atoms with Crippen molar-refractivity contribution in [3.63, 3.8) is 0 Å². The first-order valence-electron chi connectivity index (χ1n) is 16.1. The zero-order valence-electron chi connectivity index (χ0n) is 26.4. The molecule has 1 saturated heterocycles. The second kappa shape index (κ2) is 15.1. The van der Waals surface area contributed by atoms with E-state index in [4.69, 9.17) is 26.1 Å². The molecule has 1 fully saturated rings. The van der Waals surface area contributed by atoms with Gasteiger partial charge in [0.05, 0.1) is 22.7 Å². The Kier molecular flexibility index (Phi) is 11.2. The SMILES string of the molecule is CCCC(CCC)N1CCc2ccc(COc3c(Cl)cccc3-c3csc(N4CCC(C(=O)O)C(OC)C4)n3)cc2[C@H](C)C1. The molecule has 238 valence electrons. The fraction of sp³-hybridized carbons (Fsp3) is 0.543. The molecular formula is C35H46ClN3O4S. The number of hydrogen-bond donors (Lipinski definition) is 1. The van der Waals surface area contributed by atoms with Crippen LogP contribution < -0.4 is 9.64 Å². The number of carbonyl (C=O) groups is 1. The number of carboxylic acids is 1. The third-order valence-electron chi connectivity index (χ3n) is 9.25. The van der Waals surface area contributed by atoms with Crippen molar-refractivity contribution in [1.29, 1.82) is 0 Å². The zero-order valence-corrected chi connectivity index (χ0v) is 28.0. The Morgan fingerprint density at radius 2 is 1.95 bits per heavy atom. The number of aromatic nitrogens is 1. The van der Waals surface area contributed by atoms with E-state index < -0.39 is 11.9 Å². The summed E-state index contributed by atoms with van der Waals surface area (Å²) < 4.78 is 12.0. The molecule has 0 radical (unpaired) electrons. The van der Waals surface area contributed by atoms with Gasteiger partial charge in [0, 0.05) is 50.3 Å². The molecule has 0 bridgehead atoms. The quantitative estimate of drug-likeness (QED) is 0.216. The average molecular weight is 640 g/mol. The number of aliphatic carboxylic acids is 1. The summed E-state index contributed by atoms with van der Waals surface area (Å²) in [5.74, 6) is -0.221. The normalized spacial score (nSPS) is 20.9. The molecule has 9 heteroatoms. The minimum Gasteiger partial charge on any atom is -0.487 e. The largest absolute Gasteiger partial charge is 0.487 e. The molecule has 1 N–H and O–H groups in total. The molecule has 0 spiro atoms. The number of rotatable bonds is 12. The molecular weight excluding hydrogens is 594 g/mol. The molecule has 2 unspecified atom stereocenters. The molecule has 2 aliphatic heterocycles. The van der Waals surface area contributed by atoms with Crippen LogP contribution in [0.2, 0.25) is 5.02 Å². The molecule has 0 saturated carbocycles. The van der Waals surface area contributed by atoms with Crippen molar-refractivity contribution < 1.29 is 19.4 Å². The Labute approximate surface area is 271 Å². The minimum absolute atomic E-state index is 0.375. The summed E-state index contributed by atoms with van der Waals surface area (Å²) in [6, 6.07) is 13.3. The van der Waals surface area contributed by atoms with Crippen LogP contribution in [0.5, 0.6) is 5.75 Å². The monoisotopic (exact) mass is 639 g/mol. The van der Waals surface area contributed by atoms with Crippen LogP contribution in [0.4, 0.5) is 5.13 Å². The highest BCUT2D eigenvalue weighted by Crippen LogP contribution is 2.39. The zero-order chi connectivity index (χ0) is 31.2. The van der Waals surface area contributed by atoms with Crippen LogP contribution in [0.25, 0.3) is 11.3 Å². The third-order valence-corrected chi connectivity index (χ3v) is 10.4. The van der Waals surface area contributed by atoms with Crippen LogP contribution in [-0.4, -0.2) is 66.4 Å². The summed E-state index contributed by atoms with van der Waals surface area (Å²) >= 11 is 8.24. The number of nitrogens with zero attached hydrogens (tertiary/aromatic N) is 3. The predicted octanol–water partition coefficient (Wildman–Crippen LogP) is 7.90. The van der Waals surface area contributed by atoms with Crippen LogP contribution in [-0.2, 0) is 22.6 Å². The van der Waals surface area contributed by atoms with E-state index in [1.807, 2.05) is 23.6 Å². The van der Waals surface area contributed by atoms with E-state index in [-0.39, 0.29) is 6.10 Å². The number of piperidine rings is 1. The average Bonchev–Trinajstić information content (AvgIpc) is 3.46. The van der Waals surface area contributed by atoms with E-state index in [9.17, 15) is 9.90 Å². The Morgan fingerprint density at radius 1 is 1.16 bits per heavy atom. The summed E-state index contributed by atoms with van der Waals surface area (Å²) in [5, 5.41) is 13.0. The summed E-state index contributed by atoms with van der Waals surface area (Å²) in [4.78, 5) is 21.4. The summed E-state index contributed by atoms with van der Waals surface area (Å²) in [7, 11) is 1.57. The van der Waals surface area contributed by atoms with Crippen molar-refractivity contribution in [3.05, 3.63) is 63.5 Å². The van der Waals surface area contributed by atoms with Gasteiger partial charge in [0.1, 0.15) is 12.4 Å². The summed E-state index contributed by atoms with van der Waals surface area (Å²) in [6.07, 6.45) is 6.24. The van der Waals surface area contributed by atoms with Crippen LogP contribution in [0, 0.1) is 5.92 Å². The molecule has 0 amide bonds. The van der Waals surface area contributed by atoms with E-state index in [1.54, 1.807) is 7.11 Å². The Balaban J connectivity index is 1.30. The second-order valence-electron chi connectivity index (χ2n) is 12.3. The molecule has 7 nitrogen and oxygen atoms in total. The Hall–Kier alpha value is -2.65. The topological polar surface area (TPSA) is 75.1 Å². The van der Waals surface area contributed by atoms with Gasteiger partial charge < -0.3 is 19.5 Å². The number of anilines is 1. The fourth-order valence-corrected chi connectivity index (χ4v) is 7.98. The van der Waals surface area contributed by atoms with Gasteiger partial charge in [-0.25, -0.2) is 4.98 Å². The lowest BCUT2D eigenvalue weighted by atomic mass is 9.93. The van der Waals surface area contributed by atoms with Gasteiger partial charge in [0.25, 0.3) is 0 Å². The number of thiazole rings is 1. The van der Waals surface area contributed by atoms with Crippen LogP contribution >= 0.6 is 22.9 Å². The van der Waals surface area contributed by atoms with E-state index in [0.29, 0.717) is 48.8 Å². The fourth-order valence-electron chi connectivity index (χ4n) is 6.89. The van der Waals surface area contributed by atoms with Gasteiger partial charge in [-0.3, -0.25) is 9.69 Å². The van der Waals surface area contributed by atoms with Gasteiger partial charge in [-0.15, -0.1) is 11.3 Å². The number of fused-ring (bicyclic) bond motifs is 1. The first kappa shape index (κ1) is 32.7. The van der Waals surface area contributed by atoms with Gasteiger partial charge >= 0.3 is 5.97 Å². The lowest BCUT2D eigenvalue weighted by molar-refractivity contribution is -0.147. The second-order valence-corrected chi connectivity index (χ2v) is 13.5. The van der Waals surface area contributed by atoms with E-state index in [1.165, 1.54) is 48.1 Å². The van der Waals surface area contributed by atoms with Crippen LogP contribution in [0.1, 0.15) is 75.5 Å². The van der Waals surface area contributed by atoms with E-state index in [2.05, 4.69) is 48.8 Å². The van der Waals surface area contributed by atoms with E-state index >= 15 is 0 Å². The van der Waals surface area contributed by atoms with Crippen molar-refractivity contribution in [2.45, 2.75) is 84.0 Å². The minimum atomic E-state index is -0.810. The standard InChI is InChI=1S/C35H46ClN3O4S/c1-5-8-26(9-6-2)38-16-14-25-13-12-24(18-29(25)23(3)19-38)21-43-33-27(10-7-11-30(33)36)31-22-44-35(37-31)39-17-15-28(34(40)41)32(20-39)42-4/h7,10-13,18,22-23,26,28,32H,5-6,8-9,14-17,19-21H2,1-4H3,(H,40,41)/t23-,28?,32?/m1/s1. The number of halogens is 1. The van der Waals surface area contributed by atoms with Gasteiger partial charge in [-0.1, -0.05) is 69.5 Å². The highest BCUT2D eigenvalue weighted by Gasteiger charge is 2.35. The third kappa shape index (κ3) is 7.41. The van der Waals surface area contributed by atoms with Crippen LogP contribution in [0.15, 0.2) is 41.8 Å². The number of benzene rings is 2. The predicted molar refractivity (Wildman–Crippen MR) is 179 cm³/mol. The molecule has 0 aliphatic carbocycles. The molecule has 1 aromatic heterocycles. The summed E-state index contributed by atoms with van der Waals surface area (Å²) in [5.41, 5.74) is 5.66. The molecule has 2 aromatic carbocycles. The van der Waals surface area contributed by atoms with Crippen molar-refractivity contribution in [3.8, 4) is 17.0 Å². The smallest absolute Gasteiger partial charge is 0.309 e. The van der Waals surface area contributed by atoms with E-state index in [0.717, 1.165) is 41.5 Å². The molecule has 3 atom stereocenters. The van der Waals surface area contributed by atoms with Crippen LogP contribution in [0.3, 0.4) is 0 Å². The van der Waals surface area contributed by atoms with Gasteiger partial charge in [0.15, 0.2) is 5.13 Å². The maximum Gasteiger partial charge on any atom is 0.309 e. The lowest BCUT2D eigenvalue weighted by Gasteiger charge is -2.35. The summed E-state index contributed by atoms with van der Waals surface area (Å²) in [6.45, 7) is 10.7. The molecule has 44 heavy (non-hydrogen) atoms. The lowest BCUT2D eigenvalue weighted by Crippen LogP contribution is -2.47. The van der Waals surface area contributed by atoms with Gasteiger partial charge in [0.2, 0.25) is 0 Å². The Bertz CT molecular complexity index is 1410. The molecule has 2 aliphatic rings. The number of methoxy groups -OCH3 is 1. The van der Waals surface area contributed by atoms with Crippen molar-refractivity contribution in [1.82, 2.24) is 9.88 Å². The van der Waals surface area contributed by atoms with Crippen molar-refractivity contribution >= 4 is 34.0 Å². The number of hydrogen-bond acceptors (Lipinski definition) is 7. The van der Waals surface area contributed by atoms with Gasteiger partial charge in [-0.2, -0.15) is 0 Å². The maximum atomic E-state index is 11.6. The maximum absolute atomic E-state index is 11.6. The highest BCUT2D eigenvalue weighted by atomic mass is 35.5. The Morgan fingerprint density at radius 3 is 2.68 bits per heavy atom.